The van der Waals surface area contributed by atoms with E-state index < -0.39 is 0 Å². The van der Waals surface area contributed by atoms with Gasteiger partial charge < -0.3 is 8.83 Å². The van der Waals surface area contributed by atoms with E-state index in [2.05, 4.69) is 0 Å². The lowest BCUT2D eigenvalue weighted by Crippen LogP contribution is -1.66. The summed E-state index contributed by atoms with van der Waals surface area (Å²) < 4.78 is 11.6. The van der Waals surface area contributed by atoms with Crippen molar-refractivity contribution in [3.05, 3.63) is 47.5 Å². The third kappa shape index (κ3) is 1.10. The molecule has 2 aromatic carbocycles. The number of fused-ring (bicyclic) bond motifs is 5. The molecule has 0 unspecified atom stereocenters. The summed E-state index contributed by atoms with van der Waals surface area (Å²) in [5.74, 6) is 0. The minimum atomic E-state index is 0.609. The van der Waals surface area contributed by atoms with Crippen LogP contribution in [0.4, 0.5) is 0 Å². The summed E-state index contributed by atoms with van der Waals surface area (Å²) >= 11 is 6.10. The molecule has 0 aliphatic rings. The zero-order chi connectivity index (χ0) is 11.4. The zero-order valence-electron chi connectivity index (χ0n) is 8.74. The highest BCUT2D eigenvalue weighted by molar-refractivity contribution is 6.36. The normalized spacial score (nSPS) is 11.8. The molecule has 17 heavy (non-hydrogen) atoms. The topological polar surface area (TPSA) is 26.3 Å². The first-order chi connectivity index (χ1) is 8.34. The second kappa shape index (κ2) is 3.05. The molecular weight excluding hydrogens is 236 g/mol. The maximum Gasteiger partial charge on any atom is 0.181 e. The van der Waals surface area contributed by atoms with Crippen molar-refractivity contribution in [1.82, 2.24) is 0 Å². The Morgan fingerprint density at radius 1 is 0.706 bits per heavy atom. The molecule has 0 fully saturated rings. The van der Waals surface area contributed by atoms with Crippen molar-refractivity contribution in [3.8, 4) is 0 Å². The largest absolute Gasteiger partial charge is 0.452 e. The number of furan rings is 2. The molecule has 0 radical (unpaired) electrons. The summed E-state index contributed by atoms with van der Waals surface area (Å²) in [5, 5.41) is 2.51. The van der Waals surface area contributed by atoms with E-state index in [1.807, 2.05) is 42.5 Å². The van der Waals surface area contributed by atoms with E-state index in [1.165, 1.54) is 0 Å². The quantitative estimate of drug-likeness (QED) is 0.434. The highest BCUT2D eigenvalue weighted by Crippen LogP contribution is 2.38. The van der Waals surface area contributed by atoms with E-state index in [4.69, 9.17) is 20.4 Å². The van der Waals surface area contributed by atoms with Crippen molar-refractivity contribution < 1.29 is 8.83 Å². The van der Waals surface area contributed by atoms with Gasteiger partial charge in [0, 0.05) is 0 Å². The molecule has 0 aliphatic carbocycles. The molecule has 0 atom stereocenters. The van der Waals surface area contributed by atoms with Crippen molar-refractivity contribution in [3.63, 3.8) is 0 Å². The van der Waals surface area contributed by atoms with Gasteiger partial charge in [0.2, 0.25) is 0 Å². The Morgan fingerprint density at radius 3 is 2.41 bits per heavy atom. The number of para-hydroxylation sites is 2. The summed E-state index contributed by atoms with van der Waals surface area (Å²) in [7, 11) is 0. The van der Waals surface area contributed by atoms with Gasteiger partial charge in [-0.2, -0.15) is 0 Å². The number of halogens is 1. The molecule has 0 aliphatic heterocycles. The van der Waals surface area contributed by atoms with Crippen molar-refractivity contribution in [1.29, 1.82) is 0 Å². The molecule has 82 valence electrons. The van der Waals surface area contributed by atoms with Gasteiger partial charge in [0.05, 0.1) is 15.8 Å². The first kappa shape index (κ1) is 9.14. The molecule has 0 N–H and O–H groups in total. The minimum absolute atomic E-state index is 0.609. The highest BCUT2D eigenvalue weighted by Gasteiger charge is 2.16. The average molecular weight is 243 g/mol. The fourth-order valence-corrected chi connectivity index (χ4v) is 2.41. The Morgan fingerprint density at radius 2 is 1.47 bits per heavy atom. The molecule has 0 spiro atoms. The lowest BCUT2D eigenvalue weighted by molar-refractivity contribution is 0.653. The van der Waals surface area contributed by atoms with Crippen LogP contribution < -0.4 is 0 Å². The van der Waals surface area contributed by atoms with Gasteiger partial charge in [-0.05, 0) is 24.3 Å². The van der Waals surface area contributed by atoms with E-state index in [0.29, 0.717) is 10.6 Å². The van der Waals surface area contributed by atoms with E-state index >= 15 is 0 Å². The molecule has 4 rings (SSSR count). The summed E-state index contributed by atoms with van der Waals surface area (Å²) in [6, 6.07) is 13.5. The summed E-state index contributed by atoms with van der Waals surface area (Å²) in [6.45, 7) is 0. The van der Waals surface area contributed by atoms with Gasteiger partial charge in [-0.3, -0.25) is 0 Å². The van der Waals surface area contributed by atoms with Crippen LogP contribution in [-0.4, -0.2) is 0 Å². The first-order valence-corrected chi connectivity index (χ1v) is 5.70. The highest BCUT2D eigenvalue weighted by atomic mass is 35.5. The number of hydrogen-bond donors (Lipinski definition) is 0. The lowest BCUT2D eigenvalue weighted by Gasteiger charge is -1.91. The molecule has 3 heteroatoms. The van der Waals surface area contributed by atoms with E-state index in [9.17, 15) is 0 Å². The van der Waals surface area contributed by atoms with Gasteiger partial charge in [0.1, 0.15) is 5.58 Å². The Hall–Kier alpha value is -1.93. The maximum atomic E-state index is 6.10. The SMILES string of the molecule is Clc1cccc2c1oc1c3ccccc3oc21. The molecule has 2 heterocycles. The summed E-state index contributed by atoms with van der Waals surface area (Å²) in [5.41, 5.74) is 3.06. The maximum absolute atomic E-state index is 6.10. The molecule has 4 aromatic rings. The average Bonchev–Trinajstić information content (AvgIpc) is 2.87. The van der Waals surface area contributed by atoms with Crippen LogP contribution in [0.15, 0.2) is 51.3 Å². The van der Waals surface area contributed by atoms with Crippen LogP contribution in [-0.2, 0) is 0 Å². The van der Waals surface area contributed by atoms with Crippen molar-refractivity contribution in [2.75, 3.05) is 0 Å². The van der Waals surface area contributed by atoms with Gasteiger partial charge in [-0.15, -0.1) is 0 Å². The van der Waals surface area contributed by atoms with E-state index in [-0.39, 0.29) is 0 Å². The Labute approximate surface area is 101 Å². The van der Waals surface area contributed by atoms with Crippen LogP contribution in [0.25, 0.3) is 33.1 Å². The fraction of sp³-hybridized carbons (Fsp3) is 0. The third-order valence-electron chi connectivity index (χ3n) is 2.97. The standard InChI is InChI=1S/C14H7ClO2/c15-10-6-3-5-9-12(10)17-13-8-4-1-2-7-11(8)16-14(9)13/h1-7H. The van der Waals surface area contributed by atoms with Crippen LogP contribution in [0.5, 0.6) is 0 Å². The fourth-order valence-electron chi connectivity index (χ4n) is 2.19. The van der Waals surface area contributed by atoms with Gasteiger partial charge in [-0.25, -0.2) is 0 Å². The van der Waals surface area contributed by atoms with Gasteiger partial charge >= 0.3 is 0 Å². The molecule has 0 bridgehead atoms. The smallest absolute Gasteiger partial charge is 0.181 e. The van der Waals surface area contributed by atoms with Crippen LogP contribution in [0.3, 0.4) is 0 Å². The summed E-state index contributed by atoms with van der Waals surface area (Å²) in [4.78, 5) is 0. The second-order valence-corrected chi connectivity index (χ2v) is 4.38. The monoisotopic (exact) mass is 242 g/mol. The predicted octanol–water partition coefficient (Wildman–Crippen LogP) is 4.99. The Balaban J connectivity index is 2.33. The van der Waals surface area contributed by atoms with Crippen molar-refractivity contribution in [2.45, 2.75) is 0 Å². The zero-order valence-corrected chi connectivity index (χ0v) is 9.49. The Kier molecular flexibility index (Phi) is 1.64. The molecule has 0 amide bonds. The van der Waals surface area contributed by atoms with Gasteiger partial charge in [0.25, 0.3) is 0 Å². The van der Waals surface area contributed by atoms with Crippen molar-refractivity contribution >= 4 is 44.7 Å². The lowest BCUT2D eigenvalue weighted by atomic mass is 10.2. The molecule has 2 aromatic heterocycles. The van der Waals surface area contributed by atoms with Gasteiger partial charge in [0.15, 0.2) is 16.7 Å². The van der Waals surface area contributed by atoms with Crippen LogP contribution in [0, 0.1) is 0 Å². The Bertz CT molecular complexity index is 854. The van der Waals surface area contributed by atoms with Gasteiger partial charge in [-0.1, -0.05) is 29.8 Å². The number of benzene rings is 2. The summed E-state index contributed by atoms with van der Waals surface area (Å²) in [6.07, 6.45) is 0. The van der Waals surface area contributed by atoms with E-state index in [0.717, 1.165) is 27.5 Å². The predicted molar refractivity (Wildman–Crippen MR) is 68.5 cm³/mol. The van der Waals surface area contributed by atoms with Crippen LogP contribution in [0.2, 0.25) is 5.02 Å². The number of hydrogen-bond acceptors (Lipinski definition) is 2. The molecular formula is C14H7ClO2. The molecule has 0 saturated heterocycles. The van der Waals surface area contributed by atoms with Crippen LogP contribution in [0.1, 0.15) is 0 Å². The molecule has 0 saturated carbocycles. The van der Waals surface area contributed by atoms with Crippen molar-refractivity contribution in [2.24, 2.45) is 0 Å². The number of rotatable bonds is 0. The molecule has 2 nitrogen and oxygen atoms in total. The minimum Gasteiger partial charge on any atom is -0.452 e. The second-order valence-electron chi connectivity index (χ2n) is 3.98. The third-order valence-corrected chi connectivity index (χ3v) is 3.26. The van der Waals surface area contributed by atoms with E-state index in [1.54, 1.807) is 0 Å². The van der Waals surface area contributed by atoms with Crippen LogP contribution >= 0.6 is 11.6 Å². The first-order valence-electron chi connectivity index (χ1n) is 5.33.